The second-order valence-corrected chi connectivity index (χ2v) is 3.47. The summed E-state index contributed by atoms with van der Waals surface area (Å²) in [4.78, 5) is 4.31. The summed E-state index contributed by atoms with van der Waals surface area (Å²) in [7, 11) is 1.62. The van der Waals surface area contributed by atoms with Crippen LogP contribution in [0.5, 0.6) is 5.88 Å². The molecule has 1 aromatic heterocycles. The number of nitrogens with zero attached hydrogens (tertiary/aromatic N) is 1. The van der Waals surface area contributed by atoms with Gasteiger partial charge in [-0.2, -0.15) is 0 Å². The van der Waals surface area contributed by atoms with Crippen LogP contribution in [-0.4, -0.2) is 12.1 Å². The van der Waals surface area contributed by atoms with Crippen molar-refractivity contribution in [1.29, 1.82) is 0 Å². The van der Waals surface area contributed by atoms with Gasteiger partial charge in [-0.05, 0) is 24.8 Å². The first-order valence-corrected chi connectivity index (χ1v) is 4.58. The highest BCUT2D eigenvalue weighted by Crippen LogP contribution is 2.38. The molecule has 0 radical (unpaired) electrons. The fourth-order valence-electron chi connectivity index (χ4n) is 1.43. The van der Waals surface area contributed by atoms with Crippen LogP contribution in [0.2, 0.25) is 0 Å². The Labute approximate surface area is 77.9 Å². The summed E-state index contributed by atoms with van der Waals surface area (Å²) in [6, 6.07) is 5.83. The van der Waals surface area contributed by atoms with E-state index in [2.05, 4.69) is 4.98 Å². The lowest BCUT2D eigenvalue weighted by molar-refractivity contribution is 0.394. The first kappa shape index (κ1) is 8.51. The molecule has 70 valence electrons. The van der Waals surface area contributed by atoms with Crippen molar-refractivity contribution in [2.75, 3.05) is 7.11 Å². The number of aromatic nitrogens is 1. The van der Waals surface area contributed by atoms with Crippen molar-refractivity contribution in [2.45, 2.75) is 18.9 Å². The van der Waals surface area contributed by atoms with Gasteiger partial charge in [0.25, 0.3) is 0 Å². The third-order valence-corrected chi connectivity index (χ3v) is 2.43. The second kappa shape index (κ2) is 3.34. The molecule has 1 aliphatic carbocycles. The van der Waals surface area contributed by atoms with Gasteiger partial charge in [0.1, 0.15) is 0 Å². The maximum Gasteiger partial charge on any atom is 0.213 e. The quantitative estimate of drug-likeness (QED) is 0.763. The first-order chi connectivity index (χ1) is 6.31. The van der Waals surface area contributed by atoms with Gasteiger partial charge in [0, 0.05) is 12.1 Å². The molecule has 2 rings (SSSR count). The predicted molar refractivity (Wildman–Crippen MR) is 50.4 cm³/mol. The molecule has 0 bridgehead atoms. The van der Waals surface area contributed by atoms with Gasteiger partial charge in [-0.3, -0.25) is 0 Å². The molecule has 1 aromatic rings. The number of hydrogen-bond acceptors (Lipinski definition) is 3. The highest BCUT2D eigenvalue weighted by atomic mass is 16.5. The van der Waals surface area contributed by atoms with E-state index < -0.39 is 0 Å². The van der Waals surface area contributed by atoms with Gasteiger partial charge in [-0.1, -0.05) is 6.07 Å². The van der Waals surface area contributed by atoms with E-state index in [-0.39, 0.29) is 6.04 Å². The molecule has 13 heavy (non-hydrogen) atoms. The number of pyridine rings is 1. The van der Waals surface area contributed by atoms with Crippen LogP contribution in [0.4, 0.5) is 0 Å². The van der Waals surface area contributed by atoms with Gasteiger partial charge in [0.05, 0.1) is 12.8 Å². The van der Waals surface area contributed by atoms with Crippen LogP contribution in [0.15, 0.2) is 18.2 Å². The number of nitrogens with two attached hydrogens (primary N) is 1. The van der Waals surface area contributed by atoms with Gasteiger partial charge < -0.3 is 10.5 Å². The molecule has 0 unspecified atom stereocenters. The van der Waals surface area contributed by atoms with Gasteiger partial charge in [-0.15, -0.1) is 0 Å². The van der Waals surface area contributed by atoms with E-state index in [1.54, 1.807) is 7.11 Å². The largest absolute Gasteiger partial charge is 0.481 e. The Hall–Kier alpha value is -1.09. The van der Waals surface area contributed by atoms with Crippen LogP contribution < -0.4 is 10.5 Å². The molecule has 0 saturated heterocycles. The van der Waals surface area contributed by atoms with E-state index in [0.29, 0.717) is 11.8 Å². The van der Waals surface area contributed by atoms with E-state index in [4.69, 9.17) is 10.5 Å². The molecule has 1 atom stereocenters. The highest BCUT2D eigenvalue weighted by Gasteiger charge is 2.30. The third kappa shape index (κ3) is 1.80. The molecule has 2 N–H and O–H groups in total. The van der Waals surface area contributed by atoms with Crippen LogP contribution in [0.1, 0.15) is 24.6 Å². The Kier molecular flexibility index (Phi) is 2.19. The summed E-state index contributed by atoms with van der Waals surface area (Å²) in [5.41, 5.74) is 6.95. The lowest BCUT2D eigenvalue weighted by Crippen LogP contribution is -2.14. The normalized spacial score (nSPS) is 18.3. The minimum Gasteiger partial charge on any atom is -0.481 e. The summed E-state index contributed by atoms with van der Waals surface area (Å²) in [5.74, 6) is 1.29. The van der Waals surface area contributed by atoms with E-state index >= 15 is 0 Å². The molecule has 0 aromatic carbocycles. The number of methoxy groups -OCH3 is 1. The van der Waals surface area contributed by atoms with E-state index in [1.165, 1.54) is 12.8 Å². The minimum atomic E-state index is 0.0927. The van der Waals surface area contributed by atoms with Crippen molar-refractivity contribution < 1.29 is 4.74 Å². The van der Waals surface area contributed by atoms with E-state index in [1.807, 2.05) is 18.2 Å². The molecule has 3 heteroatoms. The van der Waals surface area contributed by atoms with Gasteiger partial charge in [-0.25, -0.2) is 4.98 Å². The molecule has 0 spiro atoms. The number of ether oxygens (including phenoxy) is 1. The monoisotopic (exact) mass is 178 g/mol. The summed E-state index contributed by atoms with van der Waals surface area (Å²) in [5, 5.41) is 0. The Morgan fingerprint density at radius 1 is 1.54 bits per heavy atom. The van der Waals surface area contributed by atoms with Gasteiger partial charge >= 0.3 is 0 Å². The summed E-state index contributed by atoms with van der Waals surface area (Å²) in [6.07, 6.45) is 2.47. The van der Waals surface area contributed by atoms with Crippen LogP contribution in [0.25, 0.3) is 0 Å². The molecule has 1 saturated carbocycles. The zero-order valence-electron chi connectivity index (χ0n) is 7.73. The minimum absolute atomic E-state index is 0.0927. The molecule has 1 fully saturated rings. The number of rotatable bonds is 3. The molecular formula is C10H14N2O. The van der Waals surface area contributed by atoms with E-state index in [0.717, 1.165) is 5.69 Å². The van der Waals surface area contributed by atoms with Gasteiger partial charge in [0.15, 0.2) is 0 Å². The average molecular weight is 178 g/mol. The lowest BCUT2D eigenvalue weighted by Gasteiger charge is -2.09. The Bertz CT molecular complexity index is 297. The maximum atomic E-state index is 6.01. The molecule has 0 aliphatic heterocycles. The Morgan fingerprint density at radius 3 is 2.92 bits per heavy atom. The summed E-state index contributed by atoms with van der Waals surface area (Å²) >= 11 is 0. The first-order valence-electron chi connectivity index (χ1n) is 4.58. The zero-order valence-corrected chi connectivity index (χ0v) is 7.73. The fourth-order valence-corrected chi connectivity index (χ4v) is 1.43. The third-order valence-electron chi connectivity index (χ3n) is 2.43. The van der Waals surface area contributed by atoms with Crippen LogP contribution in [0.3, 0.4) is 0 Å². The molecule has 0 amide bonds. The molecular weight excluding hydrogens is 164 g/mol. The van der Waals surface area contributed by atoms with Crippen LogP contribution >= 0.6 is 0 Å². The van der Waals surface area contributed by atoms with Crippen molar-refractivity contribution in [3.63, 3.8) is 0 Å². The standard InChI is InChI=1S/C10H14N2O/c1-13-9-4-2-3-8(12-9)10(11)7-5-6-7/h2-4,7,10H,5-6,11H2,1H3/t10-/m1/s1. The van der Waals surface area contributed by atoms with Crippen molar-refractivity contribution in [2.24, 2.45) is 11.7 Å². The molecule has 1 aliphatic rings. The average Bonchev–Trinajstić information content (AvgIpc) is 3.00. The topological polar surface area (TPSA) is 48.1 Å². The molecule has 1 heterocycles. The van der Waals surface area contributed by atoms with Crippen LogP contribution in [0, 0.1) is 5.92 Å². The van der Waals surface area contributed by atoms with E-state index in [9.17, 15) is 0 Å². The maximum absolute atomic E-state index is 6.01. The number of hydrogen-bond donors (Lipinski definition) is 1. The zero-order chi connectivity index (χ0) is 9.26. The Balaban J connectivity index is 2.18. The Morgan fingerprint density at radius 2 is 2.31 bits per heavy atom. The SMILES string of the molecule is COc1cccc([C@H](N)C2CC2)n1. The predicted octanol–water partition coefficient (Wildman–Crippen LogP) is 1.50. The van der Waals surface area contributed by atoms with Crippen molar-refractivity contribution >= 4 is 0 Å². The van der Waals surface area contributed by atoms with Gasteiger partial charge in [0.2, 0.25) is 5.88 Å². The fraction of sp³-hybridized carbons (Fsp3) is 0.500. The summed E-state index contributed by atoms with van der Waals surface area (Å²) < 4.78 is 5.04. The lowest BCUT2D eigenvalue weighted by atomic mass is 10.1. The highest BCUT2D eigenvalue weighted by molar-refractivity contribution is 5.19. The second-order valence-electron chi connectivity index (χ2n) is 3.47. The van der Waals surface area contributed by atoms with Crippen molar-refractivity contribution in [3.8, 4) is 5.88 Å². The van der Waals surface area contributed by atoms with Crippen molar-refractivity contribution in [1.82, 2.24) is 4.98 Å². The van der Waals surface area contributed by atoms with Crippen molar-refractivity contribution in [3.05, 3.63) is 23.9 Å². The molecule has 3 nitrogen and oxygen atoms in total. The van der Waals surface area contributed by atoms with Crippen LogP contribution in [-0.2, 0) is 0 Å². The smallest absolute Gasteiger partial charge is 0.213 e. The summed E-state index contributed by atoms with van der Waals surface area (Å²) in [6.45, 7) is 0.